The molecular weight excluding hydrogens is 236 g/mol. The number of likely N-dealkylation sites (N-methyl/N-ethyl adjacent to an activating group) is 1. The highest BCUT2D eigenvalue weighted by Crippen LogP contribution is 2.13. The molecule has 0 aliphatic carbocycles. The van der Waals surface area contributed by atoms with Gasteiger partial charge in [0.25, 0.3) is 0 Å². The van der Waals surface area contributed by atoms with Crippen molar-refractivity contribution in [3.63, 3.8) is 0 Å². The van der Waals surface area contributed by atoms with E-state index in [0.717, 1.165) is 19.5 Å². The van der Waals surface area contributed by atoms with Crippen LogP contribution >= 0.6 is 11.8 Å². The minimum Gasteiger partial charge on any atom is -0.379 e. The second-order valence-corrected chi connectivity index (χ2v) is 5.28. The summed E-state index contributed by atoms with van der Waals surface area (Å²) in [6.45, 7) is 4.92. The maximum absolute atomic E-state index is 11.9. The maximum atomic E-state index is 11.9. The van der Waals surface area contributed by atoms with Crippen molar-refractivity contribution in [2.45, 2.75) is 25.8 Å². The Bertz CT molecular complexity index is 227. The van der Waals surface area contributed by atoms with E-state index in [4.69, 9.17) is 4.74 Å². The Kier molecular flexibility index (Phi) is 7.64. The van der Waals surface area contributed by atoms with Gasteiger partial charge in [-0.05, 0) is 31.4 Å². The predicted molar refractivity (Wildman–Crippen MR) is 72.4 cm³/mol. The van der Waals surface area contributed by atoms with Crippen molar-refractivity contribution in [1.29, 1.82) is 0 Å². The number of amides is 1. The molecule has 100 valence electrons. The number of rotatable bonds is 8. The summed E-state index contributed by atoms with van der Waals surface area (Å²) in [5, 5.41) is 6.30. The molecule has 0 bridgehead atoms. The van der Waals surface area contributed by atoms with E-state index in [9.17, 15) is 4.79 Å². The zero-order valence-corrected chi connectivity index (χ0v) is 11.6. The largest absolute Gasteiger partial charge is 0.379 e. The molecule has 4 nitrogen and oxygen atoms in total. The van der Waals surface area contributed by atoms with Gasteiger partial charge in [0.05, 0.1) is 19.1 Å². The lowest BCUT2D eigenvalue weighted by Gasteiger charge is -2.17. The minimum atomic E-state index is -0.0181. The van der Waals surface area contributed by atoms with E-state index in [1.165, 1.54) is 12.2 Å². The number of thioether (sulfide) groups is 1. The summed E-state index contributed by atoms with van der Waals surface area (Å²) in [6.07, 6.45) is 4.33. The van der Waals surface area contributed by atoms with Crippen LogP contribution in [0.2, 0.25) is 0 Å². The number of carbonyl (C=O) groups is 1. The molecule has 1 fully saturated rings. The smallest absolute Gasteiger partial charge is 0.227 e. The van der Waals surface area contributed by atoms with Crippen molar-refractivity contribution in [2.24, 2.45) is 5.92 Å². The molecule has 0 aromatic rings. The van der Waals surface area contributed by atoms with Gasteiger partial charge in [-0.15, -0.1) is 0 Å². The van der Waals surface area contributed by atoms with Crippen molar-refractivity contribution in [2.75, 3.05) is 38.3 Å². The van der Waals surface area contributed by atoms with Gasteiger partial charge < -0.3 is 15.4 Å². The van der Waals surface area contributed by atoms with Crippen LogP contribution in [0, 0.1) is 5.92 Å². The second kappa shape index (κ2) is 8.78. The van der Waals surface area contributed by atoms with Gasteiger partial charge in [0, 0.05) is 12.6 Å². The van der Waals surface area contributed by atoms with Gasteiger partial charge in [0.15, 0.2) is 0 Å². The molecule has 1 saturated heterocycles. The van der Waals surface area contributed by atoms with Gasteiger partial charge in [0.1, 0.15) is 0 Å². The Morgan fingerprint density at radius 2 is 2.24 bits per heavy atom. The third-order valence-electron chi connectivity index (χ3n) is 2.96. The molecule has 1 rings (SSSR count). The van der Waals surface area contributed by atoms with Gasteiger partial charge in [0.2, 0.25) is 5.91 Å². The maximum Gasteiger partial charge on any atom is 0.227 e. The molecule has 2 unspecified atom stereocenters. The average Bonchev–Trinajstić information content (AvgIpc) is 2.77. The Hall–Kier alpha value is -0.260. The van der Waals surface area contributed by atoms with Crippen molar-refractivity contribution in [1.82, 2.24) is 10.6 Å². The van der Waals surface area contributed by atoms with Crippen LogP contribution in [0.15, 0.2) is 0 Å². The van der Waals surface area contributed by atoms with Crippen LogP contribution in [0.25, 0.3) is 0 Å². The van der Waals surface area contributed by atoms with Crippen LogP contribution in [0.4, 0.5) is 0 Å². The first-order valence-electron chi connectivity index (χ1n) is 6.37. The minimum absolute atomic E-state index is 0.0181. The molecule has 1 aliphatic heterocycles. The number of unbranched alkanes of at least 4 members (excludes halogenated alkanes) is 1. The van der Waals surface area contributed by atoms with E-state index >= 15 is 0 Å². The molecule has 0 saturated carbocycles. The average molecular weight is 260 g/mol. The molecular formula is C12H24N2O2S. The highest BCUT2D eigenvalue weighted by molar-refractivity contribution is 7.98. The van der Waals surface area contributed by atoms with Gasteiger partial charge >= 0.3 is 0 Å². The molecule has 0 radical (unpaired) electrons. The first-order valence-corrected chi connectivity index (χ1v) is 7.76. The lowest BCUT2D eigenvalue weighted by atomic mass is 10.0. The summed E-state index contributed by atoms with van der Waals surface area (Å²) in [6, 6.07) is 0.186. The van der Waals surface area contributed by atoms with Gasteiger partial charge in [-0.25, -0.2) is 0 Å². The van der Waals surface area contributed by atoms with Crippen LogP contribution < -0.4 is 10.6 Å². The summed E-state index contributed by atoms with van der Waals surface area (Å²) in [7, 11) is 0. The number of hydrogen-bond acceptors (Lipinski definition) is 4. The third kappa shape index (κ3) is 5.27. The molecule has 0 aromatic heterocycles. The van der Waals surface area contributed by atoms with E-state index in [1.807, 2.05) is 11.8 Å². The standard InChI is InChI=1S/C12H24N2O2S/c1-3-13-11-9-16-8-10(11)12(15)14-6-4-5-7-17-2/h10-11,13H,3-9H2,1-2H3,(H,14,15). The van der Waals surface area contributed by atoms with E-state index in [0.29, 0.717) is 13.2 Å². The quantitative estimate of drug-likeness (QED) is 0.636. The van der Waals surface area contributed by atoms with Crippen molar-refractivity contribution in [3.8, 4) is 0 Å². The topological polar surface area (TPSA) is 50.4 Å². The fourth-order valence-corrected chi connectivity index (χ4v) is 2.48. The molecule has 0 spiro atoms. The zero-order valence-electron chi connectivity index (χ0n) is 10.8. The van der Waals surface area contributed by atoms with Crippen LogP contribution in [0.3, 0.4) is 0 Å². The fraction of sp³-hybridized carbons (Fsp3) is 0.917. The molecule has 2 atom stereocenters. The van der Waals surface area contributed by atoms with Crippen molar-refractivity contribution in [3.05, 3.63) is 0 Å². The molecule has 17 heavy (non-hydrogen) atoms. The monoisotopic (exact) mass is 260 g/mol. The van der Waals surface area contributed by atoms with E-state index in [1.54, 1.807) is 0 Å². The Morgan fingerprint density at radius 3 is 2.94 bits per heavy atom. The third-order valence-corrected chi connectivity index (χ3v) is 3.65. The summed E-state index contributed by atoms with van der Waals surface area (Å²) < 4.78 is 5.36. The first-order chi connectivity index (χ1) is 8.29. The first kappa shape index (κ1) is 14.8. The second-order valence-electron chi connectivity index (χ2n) is 4.30. The molecule has 1 aliphatic rings. The predicted octanol–water partition coefficient (Wildman–Crippen LogP) is 0.870. The lowest BCUT2D eigenvalue weighted by molar-refractivity contribution is -0.125. The Labute approximate surface area is 108 Å². The molecule has 1 heterocycles. The fourth-order valence-electron chi connectivity index (χ4n) is 1.99. The Balaban J connectivity index is 2.17. The zero-order chi connectivity index (χ0) is 12.5. The molecule has 2 N–H and O–H groups in total. The van der Waals surface area contributed by atoms with E-state index in [2.05, 4.69) is 23.8 Å². The number of carbonyl (C=O) groups excluding carboxylic acids is 1. The summed E-state index contributed by atoms with van der Waals surface area (Å²) in [5.74, 6) is 1.29. The van der Waals surface area contributed by atoms with Gasteiger partial charge in [-0.2, -0.15) is 11.8 Å². The molecule has 1 amide bonds. The van der Waals surface area contributed by atoms with Crippen LogP contribution in [0.1, 0.15) is 19.8 Å². The van der Waals surface area contributed by atoms with E-state index in [-0.39, 0.29) is 17.9 Å². The normalized spacial score (nSPS) is 23.9. The molecule has 0 aromatic carbocycles. The Morgan fingerprint density at radius 1 is 1.41 bits per heavy atom. The van der Waals surface area contributed by atoms with Crippen molar-refractivity contribution < 1.29 is 9.53 Å². The van der Waals surface area contributed by atoms with E-state index < -0.39 is 0 Å². The highest BCUT2D eigenvalue weighted by atomic mass is 32.2. The van der Waals surface area contributed by atoms with Gasteiger partial charge in [-0.3, -0.25) is 4.79 Å². The van der Waals surface area contributed by atoms with Crippen molar-refractivity contribution >= 4 is 17.7 Å². The number of ether oxygens (including phenoxy) is 1. The van der Waals surface area contributed by atoms with Crippen LogP contribution in [-0.4, -0.2) is 50.3 Å². The summed E-state index contributed by atoms with van der Waals surface area (Å²) in [5.41, 5.74) is 0. The van der Waals surface area contributed by atoms with Gasteiger partial charge in [-0.1, -0.05) is 6.92 Å². The SMILES string of the molecule is CCNC1COCC1C(=O)NCCCCSC. The number of nitrogens with one attached hydrogen (secondary N) is 2. The molecule has 5 heteroatoms. The lowest BCUT2D eigenvalue weighted by Crippen LogP contribution is -2.44. The summed E-state index contributed by atoms with van der Waals surface area (Å²) in [4.78, 5) is 11.9. The highest BCUT2D eigenvalue weighted by Gasteiger charge is 2.32. The number of hydrogen-bond donors (Lipinski definition) is 2. The van der Waals surface area contributed by atoms with Crippen LogP contribution in [-0.2, 0) is 9.53 Å². The van der Waals surface area contributed by atoms with Crippen LogP contribution in [0.5, 0.6) is 0 Å². The summed E-state index contributed by atoms with van der Waals surface area (Å²) >= 11 is 1.85.